The minimum atomic E-state index is -0.109. The summed E-state index contributed by atoms with van der Waals surface area (Å²) < 4.78 is 1.52. The molecule has 0 amide bonds. The highest BCUT2D eigenvalue weighted by atomic mass is 16.1. The number of carbonyl (C=O) groups is 1. The fraction of sp³-hybridized carbons (Fsp3) is 0.300. The molecule has 0 radical (unpaired) electrons. The highest BCUT2D eigenvalue weighted by Crippen LogP contribution is 2.19. The van der Waals surface area contributed by atoms with Gasteiger partial charge in [0.15, 0.2) is 17.2 Å². The summed E-state index contributed by atoms with van der Waals surface area (Å²) in [5.74, 6) is 0.107. The number of ketones is 1. The largest absolute Gasteiger partial charge is 0.382 e. The maximum absolute atomic E-state index is 11.9. The van der Waals surface area contributed by atoms with Crippen LogP contribution in [-0.4, -0.2) is 20.4 Å². The molecule has 0 aliphatic carbocycles. The van der Waals surface area contributed by atoms with E-state index in [1.54, 1.807) is 18.5 Å². The zero-order chi connectivity index (χ0) is 11.0. The molecule has 5 nitrogen and oxygen atoms in total. The highest BCUT2D eigenvalue weighted by molar-refractivity contribution is 6.06. The second-order valence-corrected chi connectivity index (χ2v) is 3.67. The van der Waals surface area contributed by atoms with Gasteiger partial charge in [0.05, 0.1) is 0 Å². The van der Waals surface area contributed by atoms with E-state index in [0.717, 1.165) is 0 Å². The second kappa shape index (κ2) is 3.34. The van der Waals surface area contributed by atoms with Gasteiger partial charge in [0, 0.05) is 18.3 Å². The number of aromatic nitrogens is 3. The molecule has 2 N–H and O–H groups in total. The quantitative estimate of drug-likeness (QED) is 0.745. The summed E-state index contributed by atoms with van der Waals surface area (Å²) in [6.45, 7) is 3.66. The number of carbonyl (C=O) groups excluding carboxylic acids is 1. The Morgan fingerprint density at radius 3 is 2.93 bits per heavy atom. The molecule has 0 unspecified atom stereocenters. The van der Waals surface area contributed by atoms with Crippen molar-refractivity contribution in [2.45, 2.75) is 13.8 Å². The van der Waals surface area contributed by atoms with Crippen molar-refractivity contribution >= 4 is 17.2 Å². The van der Waals surface area contributed by atoms with Gasteiger partial charge < -0.3 is 5.73 Å². The van der Waals surface area contributed by atoms with Crippen LogP contribution in [0.2, 0.25) is 0 Å². The maximum Gasteiger partial charge on any atom is 0.172 e. The molecule has 0 bridgehead atoms. The third-order valence-corrected chi connectivity index (χ3v) is 2.19. The molecular weight excluding hydrogens is 192 g/mol. The van der Waals surface area contributed by atoms with Crippen molar-refractivity contribution in [2.75, 3.05) is 5.73 Å². The number of hydrogen-bond acceptors (Lipinski definition) is 4. The number of nitrogen functional groups attached to an aromatic ring is 1. The SMILES string of the molecule is CC(C)C(=O)c1c(N)nn2cccnc12. The summed E-state index contributed by atoms with van der Waals surface area (Å²) in [6.07, 6.45) is 3.34. The first-order chi connectivity index (χ1) is 7.11. The normalized spacial score (nSPS) is 11.1. The van der Waals surface area contributed by atoms with Gasteiger partial charge in [-0.25, -0.2) is 9.50 Å². The van der Waals surface area contributed by atoms with Gasteiger partial charge in [-0.3, -0.25) is 4.79 Å². The third kappa shape index (κ3) is 1.45. The minimum Gasteiger partial charge on any atom is -0.382 e. The lowest BCUT2D eigenvalue weighted by Gasteiger charge is -2.01. The number of nitrogens with two attached hydrogens (primary N) is 1. The molecule has 2 aromatic heterocycles. The molecule has 0 atom stereocenters. The molecule has 0 fully saturated rings. The van der Waals surface area contributed by atoms with Crippen LogP contribution in [-0.2, 0) is 0 Å². The topological polar surface area (TPSA) is 73.3 Å². The van der Waals surface area contributed by atoms with E-state index in [2.05, 4.69) is 10.1 Å². The summed E-state index contributed by atoms with van der Waals surface area (Å²) in [6, 6.07) is 1.74. The van der Waals surface area contributed by atoms with E-state index in [1.807, 2.05) is 13.8 Å². The maximum atomic E-state index is 11.9. The molecule has 2 rings (SSSR count). The monoisotopic (exact) mass is 204 g/mol. The van der Waals surface area contributed by atoms with Gasteiger partial charge in [0.25, 0.3) is 0 Å². The first-order valence-electron chi connectivity index (χ1n) is 4.74. The highest BCUT2D eigenvalue weighted by Gasteiger charge is 2.20. The molecular formula is C10H12N4O. The van der Waals surface area contributed by atoms with Gasteiger partial charge in [0.2, 0.25) is 0 Å². The molecule has 78 valence electrons. The molecule has 0 saturated carbocycles. The Morgan fingerprint density at radius 2 is 2.27 bits per heavy atom. The lowest BCUT2D eigenvalue weighted by Crippen LogP contribution is -2.09. The van der Waals surface area contributed by atoms with Crippen molar-refractivity contribution in [3.63, 3.8) is 0 Å². The molecule has 0 aromatic carbocycles. The van der Waals surface area contributed by atoms with Crippen LogP contribution in [0.5, 0.6) is 0 Å². The summed E-state index contributed by atoms with van der Waals surface area (Å²) >= 11 is 0. The molecule has 0 aliphatic rings. The zero-order valence-electron chi connectivity index (χ0n) is 8.64. The van der Waals surface area contributed by atoms with E-state index in [9.17, 15) is 4.79 Å². The summed E-state index contributed by atoms with van der Waals surface area (Å²) in [4.78, 5) is 16.0. The Kier molecular flexibility index (Phi) is 2.15. The predicted octanol–water partition coefficient (Wildman–Crippen LogP) is 1.15. The van der Waals surface area contributed by atoms with Gasteiger partial charge >= 0.3 is 0 Å². The number of nitrogens with zero attached hydrogens (tertiary/aromatic N) is 3. The van der Waals surface area contributed by atoms with Crippen LogP contribution < -0.4 is 5.73 Å². The summed E-state index contributed by atoms with van der Waals surface area (Å²) in [5.41, 5.74) is 6.64. The number of Topliss-reactive ketones (excluding diaryl/α,β-unsaturated/α-hetero) is 1. The van der Waals surface area contributed by atoms with E-state index >= 15 is 0 Å². The Bertz CT molecular complexity index is 515. The van der Waals surface area contributed by atoms with Crippen molar-refractivity contribution in [2.24, 2.45) is 5.92 Å². The molecule has 5 heteroatoms. The van der Waals surface area contributed by atoms with Crippen molar-refractivity contribution in [3.05, 3.63) is 24.0 Å². The molecule has 0 saturated heterocycles. The number of hydrogen-bond donors (Lipinski definition) is 1. The van der Waals surface area contributed by atoms with Gasteiger partial charge in [-0.15, -0.1) is 5.10 Å². The first kappa shape index (κ1) is 9.64. The van der Waals surface area contributed by atoms with Crippen LogP contribution in [0.1, 0.15) is 24.2 Å². The van der Waals surface area contributed by atoms with Crippen LogP contribution >= 0.6 is 0 Å². The Labute approximate surface area is 86.9 Å². The third-order valence-electron chi connectivity index (χ3n) is 2.19. The minimum absolute atomic E-state index is 0.0267. The van der Waals surface area contributed by atoms with Gasteiger partial charge in [-0.2, -0.15) is 0 Å². The fourth-order valence-corrected chi connectivity index (χ4v) is 1.43. The molecule has 0 spiro atoms. The molecule has 2 aromatic rings. The van der Waals surface area contributed by atoms with Crippen LogP contribution in [0.3, 0.4) is 0 Å². The Hall–Kier alpha value is -1.91. The first-order valence-corrected chi connectivity index (χ1v) is 4.74. The smallest absolute Gasteiger partial charge is 0.172 e. The number of rotatable bonds is 2. The second-order valence-electron chi connectivity index (χ2n) is 3.67. The van der Waals surface area contributed by atoms with Crippen molar-refractivity contribution in [3.8, 4) is 0 Å². The van der Waals surface area contributed by atoms with E-state index in [4.69, 9.17) is 5.73 Å². The average molecular weight is 204 g/mol. The van der Waals surface area contributed by atoms with E-state index in [0.29, 0.717) is 11.2 Å². The van der Waals surface area contributed by atoms with Crippen molar-refractivity contribution < 1.29 is 4.79 Å². The van der Waals surface area contributed by atoms with Crippen LogP contribution in [0.25, 0.3) is 5.65 Å². The Morgan fingerprint density at radius 1 is 1.53 bits per heavy atom. The number of fused-ring (bicyclic) bond motifs is 1. The Balaban J connectivity index is 2.69. The van der Waals surface area contributed by atoms with Gasteiger partial charge in [-0.05, 0) is 6.07 Å². The van der Waals surface area contributed by atoms with Crippen LogP contribution in [0, 0.1) is 5.92 Å². The molecule has 0 aliphatic heterocycles. The van der Waals surface area contributed by atoms with E-state index in [1.165, 1.54) is 4.52 Å². The van der Waals surface area contributed by atoms with Gasteiger partial charge in [0.1, 0.15) is 5.56 Å². The number of anilines is 1. The fourth-order valence-electron chi connectivity index (χ4n) is 1.43. The van der Waals surface area contributed by atoms with Gasteiger partial charge in [-0.1, -0.05) is 13.8 Å². The zero-order valence-corrected chi connectivity index (χ0v) is 8.64. The molecule has 15 heavy (non-hydrogen) atoms. The van der Waals surface area contributed by atoms with Crippen LogP contribution in [0.15, 0.2) is 18.5 Å². The lowest BCUT2D eigenvalue weighted by molar-refractivity contribution is 0.0941. The average Bonchev–Trinajstić information content (AvgIpc) is 2.52. The standard InChI is InChI=1S/C10H12N4O/c1-6(2)8(15)7-9(11)13-14-5-3-4-12-10(7)14/h3-6H,1-2H3,(H2,11,13). The van der Waals surface area contributed by atoms with Crippen LogP contribution in [0.4, 0.5) is 5.82 Å². The molecule has 2 heterocycles. The lowest BCUT2D eigenvalue weighted by atomic mass is 10.0. The van der Waals surface area contributed by atoms with E-state index in [-0.39, 0.29) is 17.5 Å². The predicted molar refractivity (Wildman–Crippen MR) is 56.6 cm³/mol. The summed E-state index contributed by atoms with van der Waals surface area (Å²) in [5, 5.41) is 4.03. The van der Waals surface area contributed by atoms with Crippen molar-refractivity contribution in [1.82, 2.24) is 14.6 Å². The summed E-state index contributed by atoms with van der Waals surface area (Å²) in [7, 11) is 0. The van der Waals surface area contributed by atoms with Crippen molar-refractivity contribution in [1.29, 1.82) is 0 Å². The van der Waals surface area contributed by atoms with E-state index < -0.39 is 0 Å².